The van der Waals surface area contributed by atoms with Crippen molar-refractivity contribution in [2.24, 2.45) is 33.2 Å². The van der Waals surface area contributed by atoms with Gasteiger partial charge in [-0.25, -0.2) is 39.5 Å². The van der Waals surface area contributed by atoms with Crippen molar-refractivity contribution >= 4 is 75.5 Å². The van der Waals surface area contributed by atoms with Gasteiger partial charge in [0.1, 0.15) is 18.2 Å². The summed E-state index contributed by atoms with van der Waals surface area (Å²) >= 11 is 16.5. The lowest BCUT2D eigenvalue weighted by Crippen LogP contribution is -2.38. The predicted molar refractivity (Wildman–Crippen MR) is 181 cm³/mol. The molecule has 0 saturated heterocycles. The fourth-order valence-electron chi connectivity index (χ4n) is 4.45. The number of alkyl halides is 1. The number of aliphatic imine (C=N–C) groups is 1. The number of ketones is 1. The van der Waals surface area contributed by atoms with Crippen LogP contribution >= 0.6 is 34.8 Å². The molecule has 1 aliphatic heterocycles. The average Bonchev–Trinajstić information content (AvgIpc) is 3.73. The molecule has 1 amide bonds. The van der Waals surface area contributed by atoms with Gasteiger partial charge in [0.2, 0.25) is 16.5 Å². The first-order chi connectivity index (χ1) is 23.2. The maximum Gasteiger partial charge on any atom is 0.332 e. The summed E-state index contributed by atoms with van der Waals surface area (Å²) in [4.78, 5) is 93.2. The van der Waals surface area contributed by atoms with Crippen molar-refractivity contribution in [2.75, 3.05) is 11.2 Å². The van der Waals surface area contributed by atoms with Gasteiger partial charge in [0.05, 0.1) is 29.9 Å². The first-order valence-electron chi connectivity index (χ1n) is 14.0. The molecule has 6 heterocycles. The summed E-state index contributed by atoms with van der Waals surface area (Å²) in [6.45, 7) is -0.175. The molecular weight excluding hydrogens is 707 g/mol. The van der Waals surface area contributed by atoms with E-state index in [2.05, 4.69) is 35.2 Å². The van der Waals surface area contributed by atoms with Crippen molar-refractivity contribution in [3.63, 3.8) is 0 Å². The van der Waals surface area contributed by atoms with E-state index in [9.17, 15) is 28.8 Å². The maximum absolute atomic E-state index is 12.3. The standard InChI is InChI=1S/C13H12ClN7O3.C8H9N3O2.C7H6Cl2N2O/c1-19-10-9(11(23)20(2)13(19)24)21(6-16-10)5-8(22)17-7-3-4-15-12(14)18-7;1-10-6-5(3-4-9-6)7(12)11(2)8(10)13;8-4-6(12)3-5-1-2-10-7(9)11-5/h3-4,6H,5H2,1-2H3,(H,15,17,18,22);4H,3H2,1-2H3;1-2H,3-4H2. The first-order valence-corrected chi connectivity index (χ1v) is 15.3. The van der Waals surface area contributed by atoms with Gasteiger partial charge in [0, 0.05) is 53.2 Å². The molecule has 1 N–H and O–H groups in total. The van der Waals surface area contributed by atoms with Crippen LogP contribution in [0.4, 0.5) is 11.6 Å². The monoisotopic (exact) mass is 732 g/mol. The first kappa shape index (κ1) is 36.5. The Morgan fingerprint density at radius 2 is 1.47 bits per heavy atom. The van der Waals surface area contributed by atoms with Crippen LogP contribution in [-0.4, -0.2) is 71.5 Å². The molecule has 0 unspecified atom stereocenters. The molecule has 0 aromatic carbocycles. The number of aromatic nitrogens is 10. The van der Waals surface area contributed by atoms with Crippen LogP contribution in [0.25, 0.3) is 11.2 Å². The molecule has 49 heavy (non-hydrogen) atoms. The highest BCUT2D eigenvalue weighted by Crippen LogP contribution is 2.17. The fourth-order valence-corrected chi connectivity index (χ4v) is 4.85. The highest BCUT2D eigenvalue weighted by atomic mass is 35.5. The van der Waals surface area contributed by atoms with Gasteiger partial charge in [-0.15, -0.1) is 11.6 Å². The van der Waals surface area contributed by atoms with Crippen molar-refractivity contribution < 1.29 is 9.59 Å². The molecule has 0 spiro atoms. The third-order valence-corrected chi connectivity index (χ3v) is 7.53. The van der Waals surface area contributed by atoms with Gasteiger partial charge in [0.25, 0.3) is 11.1 Å². The van der Waals surface area contributed by atoms with Gasteiger partial charge in [-0.05, 0) is 35.3 Å². The lowest BCUT2D eigenvalue weighted by Gasteiger charge is -2.07. The lowest BCUT2D eigenvalue weighted by atomic mass is 10.2. The Morgan fingerprint density at radius 1 is 0.837 bits per heavy atom. The Bertz CT molecular complexity index is 2340. The number of nitrogens with one attached hydrogen (secondary N) is 1. The van der Waals surface area contributed by atoms with Crippen molar-refractivity contribution in [1.29, 1.82) is 0 Å². The van der Waals surface area contributed by atoms with E-state index in [1.807, 2.05) is 0 Å². The van der Waals surface area contributed by atoms with E-state index in [0.29, 0.717) is 23.5 Å². The van der Waals surface area contributed by atoms with Crippen LogP contribution in [0.2, 0.25) is 10.6 Å². The zero-order valence-electron chi connectivity index (χ0n) is 26.3. The van der Waals surface area contributed by atoms with E-state index >= 15 is 0 Å². The molecule has 0 atom stereocenters. The summed E-state index contributed by atoms with van der Waals surface area (Å²) in [5, 5.41) is 2.70. The average molecular weight is 734 g/mol. The normalized spacial score (nSPS) is 11.3. The summed E-state index contributed by atoms with van der Waals surface area (Å²) < 4.78 is 6.07. The summed E-state index contributed by atoms with van der Waals surface area (Å²) in [5.74, 6) is 0.228. The van der Waals surface area contributed by atoms with Crippen molar-refractivity contribution in [2.45, 2.75) is 19.4 Å². The minimum absolute atomic E-state index is 0.00161. The number of hydrogen-bond donors (Lipinski definition) is 1. The number of Topliss-reactive ketones (excluding diaryl/α,β-unsaturated/α-hetero) is 1. The number of fused-ring (bicyclic) bond motifs is 2. The summed E-state index contributed by atoms with van der Waals surface area (Å²) in [7, 11) is 5.96. The van der Waals surface area contributed by atoms with E-state index in [1.165, 1.54) is 59.6 Å². The van der Waals surface area contributed by atoms with Crippen molar-refractivity contribution in [3.05, 3.63) is 94.4 Å². The number of imidazole rings is 1. The number of nitrogens with zero attached hydrogens (tertiary/aromatic N) is 11. The quantitative estimate of drug-likeness (QED) is 0.185. The highest BCUT2D eigenvalue weighted by Gasteiger charge is 2.18. The second kappa shape index (κ2) is 15.7. The molecule has 6 rings (SSSR count). The third kappa shape index (κ3) is 8.40. The fraction of sp³-hybridized carbons (Fsp3) is 0.286. The number of aryl methyl sites for hydroxylation is 1. The molecule has 0 radical (unpaired) electrons. The van der Waals surface area contributed by atoms with Crippen LogP contribution in [0.1, 0.15) is 11.3 Å². The minimum Gasteiger partial charge on any atom is -0.315 e. The summed E-state index contributed by atoms with van der Waals surface area (Å²) in [5.41, 5.74) is -0.0126. The Morgan fingerprint density at radius 3 is 2.12 bits per heavy atom. The molecule has 256 valence electrons. The van der Waals surface area contributed by atoms with Gasteiger partial charge in [-0.1, -0.05) is 0 Å². The van der Waals surface area contributed by atoms with Crippen LogP contribution in [0.15, 0.2) is 55.0 Å². The predicted octanol–water partition coefficient (Wildman–Crippen LogP) is 0.339. The summed E-state index contributed by atoms with van der Waals surface area (Å²) in [6.07, 6.45) is 6.63. The number of anilines is 1. The number of amides is 1. The van der Waals surface area contributed by atoms with Gasteiger partial charge in [-0.3, -0.25) is 37.4 Å². The zero-order valence-corrected chi connectivity index (χ0v) is 28.6. The van der Waals surface area contributed by atoms with Crippen LogP contribution in [0, 0.1) is 0 Å². The van der Waals surface area contributed by atoms with Crippen molar-refractivity contribution in [1.82, 2.24) is 47.8 Å². The third-order valence-electron chi connectivity index (χ3n) is 6.87. The van der Waals surface area contributed by atoms with Crippen LogP contribution < -0.4 is 27.8 Å². The number of carbonyl (C=O) groups excluding carboxylic acids is 2. The lowest BCUT2D eigenvalue weighted by molar-refractivity contribution is -0.117. The Hall–Kier alpha value is -5.33. The van der Waals surface area contributed by atoms with E-state index in [-0.39, 0.29) is 63.4 Å². The molecule has 21 heteroatoms. The minimum atomic E-state index is -0.525. The zero-order chi connectivity index (χ0) is 36.0. The number of rotatable bonds is 6. The smallest absolute Gasteiger partial charge is 0.315 e. The van der Waals surface area contributed by atoms with E-state index in [4.69, 9.17) is 34.8 Å². The second-order valence-electron chi connectivity index (χ2n) is 10.2. The van der Waals surface area contributed by atoms with E-state index in [0.717, 1.165) is 9.13 Å². The molecule has 0 aliphatic carbocycles. The molecule has 0 saturated carbocycles. The molecule has 0 bridgehead atoms. The summed E-state index contributed by atoms with van der Waals surface area (Å²) in [6, 6.07) is 3.12. The van der Waals surface area contributed by atoms with Crippen LogP contribution in [-0.2, 0) is 57.2 Å². The van der Waals surface area contributed by atoms with Gasteiger partial charge in [-0.2, -0.15) is 0 Å². The van der Waals surface area contributed by atoms with Crippen molar-refractivity contribution in [3.8, 4) is 0 Å². The van der Waals surface area contributed by atoms with E-state index < -0.39 is 17.2 Å². The topological polar surface area (TPSA) is 216 Å². The Balaban J connectivity index is 0.000000182. The second-order valence-corrected chi connectivity index (χ2v) is 11.1. The maximum atomic E-state index is 12.3. The molecule has 18 nitrogen and oxygen atoms in total. The van der Waals surface area contributed by atoms with Crippen LogP contribution in [0.5, 0.6) is 0 Å². The van der Waals surface area contributed by atoms with Gasteiger partial charge in [0.15, 0.2) is 16.9 Å². The largest absolute Gasteiger partial charge is 0.332 e. The molecule has 0 fully saturated rings. The highest BCUT2D eigenvalue weighted by molar-refractivity contribution is 6.28. The molecule has 1 aliphatic rings. The van der Waals surface area contributed by atoms with Crippen LogP contribution in [0.3, 0.4) is 0 Å². The SMILES string of the molecule is Cn1c(=O)c2c(ncn2CC(=O)Nc2ccnc(Cl)n2)n(C)c1=O.Cn1c2c(c(=O)n(C)c1=O)CC=N2.O=C(CCl)Cc1ccnc(Cl)n1. The number of halogens is 3. The molecule has 5 aromatic rings. The molecule has 5 aromatic heterocycles. The Labute approximate surface area is 290 Å². The molecular formula is C28H27Cl3N12O6. The number of hydrogen-bond acceptors (Lipinski definition) is 12. The number of carbonyl (C=O) groups is 2. The van der Waals surface area contributed by atoms with Gasteiger partial charge >= 0.3 is 11.4 Å². The Kier molecular flexibility index (Phi) is 11.7. The van der Waals surface area contributed by atoms with Gasteiger partial charge < -0.3 is 9.88 Å². The van der Waals surface area contributed by atoms with E-state index in [1.54, 1.807) is 19.3 Å².